The number of carbonyl (C=O) groups excluding carboxylic acids is 1. The second kappa shape index (κ2) is 10.3. The van der Waals surface area contributed by atoms with Crippen molar-refractivity contribution >= 4 is 17.5 Å². The van der Waals surface area contributed by atoms with Crippen LogP contribution in [0.5, 0.6) is 5.75 Å². The fraction of sp³-hybridized carbons (Fsp3) is 0.259. The van der Waals surface area contributed by atoms with E-state index in [4.69, 9.17) is 21.6 Å². The van der Waals surface area contributed by atoms with Crippen LogP contribution in [-0.4, -0.2) is 17.6 Å². The molecular weight excluding hydrogens is 420 g/mol. The van der Waals surface area contributed by atoms with Crippen molar-refractivity contribution in [1.82, 2.24) is 5.32 Å². The van der Waals surface area contributed by atoms with Gasteiger partial charge in [-0.1, -0.05) is 66.2 Å². The van der Waals surface area contributed by atoms with Gasteiger partial charge in [0.25, 0.3) is 5.91 Å². The molecule has 0 aliphatic heterocycles. The zero-order chi connectivity index (χ0) is 23.1. The van der Waals surface area contributed by atoms with E-state index in [1.54, 1.807) is 26.0 Å². The normalized spacial score (nSPS) is 13.0. The third-order valence-electron chi connectivity index (χ3n) is 5.48. The zero-order valence-electron chi connectivity index (χ0n) is 18.5. The van der Waals surface area contributed by atoms with Crippen LogP contribution in [0.4, 0.5) is 0 Å². The number of amides is 1. The molecule has 0 spiro atoms. The highest BCUT2D eigenvalue weighted by Gasteiger charge is 2.33. The first kappa shape index (κ1) is 23.4. The van der Waals surface area contributed by atoms with E-state index in [0.29, 0.717) is 16.3 Å². The molecule has 0 radical (unpaired) electrons. The van der Waals surface area contributed by atoms with Gasteiger partial charge in [0.1, 0.15) is 5.75 Å². The Labute approximate surface area is 194 Å². The van der Waals surface area contributed by atoms with Crippen LogP contribution in [0.3, 0.4) is 0 Å². The second-order valence-corrected chi connectivity index (χ2v) is 8.74. The van der Waals surface area contributed by atoms with Gasteiger partial charge in [-0.25, -0.2) is 0 Å². The maximum atomic E-state index is 13.1. The summed E-state index contributed by atoms with van der Waals surface area (Å²) < 4.78 is 5.95. The van der Waals surface area contributed by atoms with Crippen LogP contribution >= 0.6 is 11.6 Å². The molecule has 0 aliphatic rings. The SMILES string of the molecule is CC(NC(=O)C(C)(C)Oc1ccccc1Cl)C(Cc1ccc(C#N)cc1)c1ccccc1. The Morgan fingerprint density at radius 1 is 1.03 bits per heavy atom. The lowest BCUT2D eigenvalue weighted by Crippen LogP contribution is -2.51. The first-order valence-corrected chi connectivity index (χ1v) is 11.0. The summed E-state index contributed by atoms with van der Waals surface area (Å²) in [5.41, 5.74) is 1.76. The molecule has 2 unspecified atom stereocenters. The van der Waals surface area contributed by atoms with Gasteiger partial charge in [0.2, 0.25) is 0 Å². The Kier molecular flexibility index (Phi) is 7.56. The minimum atomic E-state index is -1.10. The predicted molar refractivity (Wildman–Crippen MR) is 128 cm³/mol. The van der Waals surface area contributed by atoms with Crippen LogP contribution in [0.15, 0.2) is 78.9 Å². The lowest BCUT2D eigenvalue weighted by Gasteiger charge is -2.31. The van der Waals surface area contributed by atoms with Crippen molar-refractivity contribution in [3.05, 3.63) is 101 Å². The van der Waals surface area contributed by atoms with E-state index in [1.807, 2.05) is 61.5 Å². The smallest absolute Gasteiger partial charge is 0.263 e. The van der Waals surface area contributed by atoms with E-state index < -0.39 is 5.60 Å². The number of hydrogen-bond donors (Lipinski definition) is 1. The van der Waals surface area contributed by atoms with E-state index in [2.05, 4.69) is 23.5 Å². The minimum Gasteiger partial charge on any atom is -0.476 e. The first-order valence-electron chi connectivity index (χ1n) is 10.6. The molecule has 3 rings (SSSR count). The van der Waals surface area contributed by atoms with Gasteiger partial charge >= 0.3 is 0 Å². The van der Waals surface area contributed by atoms with Gasteiger partial charge < -0.3 is 10.1 Å². The van der Waals surface area contributed by atoms with Crippen LogP contribution in [0, 0.1) is 11.3 Å². The van der Waals surface area contributed by atoms with Crippen molar-refractivity contribution < 1.29 is 9.53 Å². The number of para-hydroxylation sites is 1. The average molecular weight is 447 g/mol. The summed E-state index contributed by atoms with van der Waals surface area (Å²) in [6.45, 7) is 5.47. The quantitative estimate of drug-likeness (QED) is 0.468. The Bertz CT molecular complexity index is 1090. The van der Waals surface area contributed by atoms with Gasteiger partial charge in [0, 0.05) is 12.0 Å². The maximum absolute atomic E-state index is 13.1. The second-order valence-electron chi connectivity index (χ2n) is 8.33. The molecule has 4 nitrogen and oxygen atoms in total. The Morgan fingerprint density at radius 3 is 2.28 bits per heavy atom. The third kappa shape index (κ3) is 5.90. The van der Waals surface area contributed by atoms with Crippen LogP contribution < -0.4 is 10.1 Å². The lowest BCUT2D eigenvalue weighted by molar-refractivity contribution is -0.135. The topological polar surface area (TPSA) is 62.1 Å². The number of nitrogens with one attached hydrogen (secondary N) is 1. The number of nitrogens with zero attached hydrogens (tertiary/aromatic N) is 1. The number of nitriles is 1. The van der Waals surface area contributed by atoms with E-state index in [9.17, 15) is 4.79 Å². The number of halogens is 1. The Hall–Kier alpha value is -3.29. The molecule has 0 heterocycles. The van der Waals surface area contributed by atoms with Gasteiger partial charge in [0.05, 0.1) is 16.7 Å². The molecule has 0 fully saturated rings. The van der Waals surface area contributed by atoms with E-state index in [-0.39, 0.29) is 17.9 Å². The van der Waals surface area contributed by atoms with E-state index >= 15 is 0 Å². The minimum absolute atomic E-state index is 0.0456. The number of hydrogen-bond acceptors (Lipinski definition) is 3. The molecular formula is C27H27ClN2O2. The highest BCUT2D eigenvalue weighted by molar-refractivity contribution is 6.32. The predicted octanol–water partition coefficient (Wildman–Crippen LogP) is 5.90. The summed E-state index contributed by atoms with van der Waals surface area (Å²) in [7, 11) is 0. The summed E-state index contributed by atoms with van der Waals surface area (Å²) in [5.74, 6) is 0.300. The summed E-state index contributed by atoms with van der Waals surface area (Å²) in [6, 6.07) is 26.8. The largest absolute Gasteiger partial charge is 0.476 e. The van der Waals surface area contributed by atoms with E-state index in [1.165, 1.54) is 0 Å². The van der Waals surface area contributed by atoms with Gasteiger partial charge in [-0.05, 0) is 62.6 Å². The van der Waals surface area contributed by atoms with Gasteiger partial charge in [-0.2, -0.15) is 5.26 Å². The molecule has 0 aromatic heterocycles. The highest BCUT2D eigenvalue weighted by atomic mass is 35.5. The molecule has 1 amide bonds. The number of benzene rings is 3. The van der Waals surface area contributed by atoms with Gasteiger partial charge in [-0.3, -0.25) is 4.79 Å². The molecule has 3 aromatic rings. The first-order chi connectivity index (χ1) is 15.3. The summed E-state index contributed by atoms with van der Waals surface area (Å²) in [4.78, 5) is 13.1. The third-order valence-corrected chi connectivity index (χ3v) is 5.79. The summed E-state index contributed by atoms with van der Waals surface area (Å²) >= 11 is 6.21. The van der Waals surface area contributed by atoms with Crippen LogP contribution in [0.1, 0.15) is 43.4 Å². The summed E-state index contributed by atoms with van der Waals surface area (Å²) in [6.07, 6.45) is 0.725. The molecule has 5 heteroatoms. The summed E-state index contributed by atoms with van der Waals surface area (Å²) in [5, 5.41) is 12.7. The standard InChI is InChI=1S/C27H27ClN2O2/c1-19(30-26(31)27(2,3)32-25-12-8-7-11-24(25)28)23(22-9-5-4-6-10-22)17-20-13-15-21(18-29)16-14-20/h4-16,19,23H,17H2,1-3H3,(H,30,31). The molecule has 164 valence electrons. The molecule has 32 heavy (non-hydrogen) atoms. The molecule has 0 saturated heterocycles. The number of ether oxygens (including phenoxy) is 1. The molecule has 3 aromatic carbocycles. The van der Waals surface area contributed by atoms with Crippen molar-refractivity contribution in [2.75, 3.05) is 0 Å². The molecule has 2 atom stereocenters. The van der Waals surface area contributed by atoms with Crippen molar-refractivity contribution in [2.24, 2.45) is 0 Å². The van der Waals surface area contributed by atoms with Crippen molar-refractivity contribution in [2.45, 2.75) is 44.8 Å². The monoisotopic (exact) mass is 446 g/mol. The van der Waals surface area contributed by atoms with Gasteiger partial charge in [-0.15, -0.1) is 0 Å². The van der Waals surface area contributed by atoms with E-state index in [0.717, 1.165) is 17.5 Å². The number of rotatable bonds is 8. The van der Waals surface area contributed by atoms with Crippen molar-refractivity contribution in [3.63, 3.8) is 0 Å². The molecule has 1 N–H and O–H groups in total. The average Bonchev–Trinajstić information content (AvgIpc) is 2.79. The fourth-order valence-corrected chi connectivity index (χ4v) is 3.76. The molecule has 0 aliphatic carbocycles. The highest BCUT2D eigenvalue weighted by Crippen LogP contribution is 2.29. The maximum Gasteiger partial charge on any atom is 0.263 e. The van der Waals surface area contributed by atoms with Crippen molar-refractivity contribution in [1.29, 1.82) is 5.26 Å². The van der Waals surface area contributed by atoms with Crippen molar-refractivity contribution in [3.8, 4) is 11.8 Å². The Balaban J connectivity index is 1.78. The molecule has 0 bridgehead atoms. The molecule has 0 saturated carbocycles. The lowest BCUT2D eigenvalue weighted by atomic mass is 9.86. The Morgan fingerprint density at radius 2 is 1.66 bits per heavy atom. The van der Waals surface area contributed by atoms with Crippen LogP contribution in [-0.2, 0) is 11.2 Å². The zero-order valence-corrected chi connectivity index (χ0v) is 19.3. The number of carbonyl (C=O) groups is 1. The van der Waals surface area contributed by atoms with Crippen LogP contribution in [0.25, 0.3) is 0 Å². The fourth-order valence-electron chi connectivity index (χ4n) is 3.58. The van der Waals surface area contributed by atoms with Crippen LogP contribution in [0.2, 0.25) is 5.02 Å². The van der Waals surface area contributed by atoms with Gasteiger partial charge in [0.15, 0.2) is 5.60 Å².